The molecule has 0 aliphatic heterocycles. The molecule has 0 bridgehead atoms. The van der Waals surface area contributed by atoms with E-state index < -0.39 is 15.9 Å². The molecule has 6 heteroatoms. The SMILES string of the molecule is CC(O)Cc1c(-c2ccccc2)ncn1Cc1cccc(CS(C)(=O)=O)c1. The van der Waals surface area contributed by atoms with Crippen molar-refractivity contribution < 1.29 is 13.5 Å². The summed E-state index contributed by atoms with van der Waals surface area (Å²) in [5, 5.41) is 9.95. The third kappa shape index (κ3) is 5.28. The lowest BCUT2D eigenvalue weighted by Crippen LogP contribution is -2.12. The molecule has 142 valence electrons. The highest BCUT2D eigenvalue weighted by molar-refractivity contribution is 7.89. The maximum atomic E-state index is 11.6. The predicted molar refractivity (Wildman–Crippen MR) is 107 cm³/mol. The summed E-state index contributed by atoms with van der Waals surface area (Å²) in [5.74, 6) is 0.0283. The number of imidazole rings is 1. The van der Waals surface area contributed by atoms with Crippen molar-refractivity contribution in [1.82, 2.24) is 9.55 Å². The van der Waals surface area contributed by atoms with Crippen LogP contribution < -0.4 is 0 Å². The van der Waals surface area contributed by atoms with Gasteiger partial charge in [-0.2, -0.15) is 0 Å². The molecule has 2 aromatic carbocycles. The van der Waals surface area contributed by atoms with Crippen LogP contribution in [-0.4, -0.2) is 35.4 Å². The van der Waals surface area contributed by atoms with Crippen LogP contribution in [0.2, 0.25) is 0 Å². The number of hydrogen-bond acceptors (Lipinski definition) is 4. The van der Waals surface area contributed by atoms with E-state index in [1.54, 1.807) is 13.3 Å². The summed E-state index contributed by atoms with van der Waals surface area (Å²) in [6.07, 6.45) is 3.03. The third-order valence-corrected chi connectivity index (χ3v) is 5.11. The number of aliphatic hydroxyl groups excluding tert-OH is 1. The molecule has 0 saturated heterocycles. The molecule has 0 fully saturated rings. The van der Waals surface area contributed by atoms with E-state index in [9.17, 15) is 13.5 Å². The smallest absolute Gasteiger partial charge is 0.151 e. The molecule has 3 rings (SSSR count). The van der Waals surface area contributed by atoms with Gasteiger partial charge in [-0.1, -0.05) is 54.6 Å². The van der Waals surface area contributed by atoms with Crippen molar-refractivity contribution in [2.45, 2.75) is 31.7 Å². The standard InChI is InChI=1S/C21H24N2O3S/c1-16(24)11-20-21(19-9-4-3-5-10-19)22-15-23(20)13-17-7-6-8-18(12-17)14-27(2,25)26/h3-10,12,15-16,24H,11,13-14H2,1-2H3. The molecule has 3 aromatic rings. The van der Waals surface area contributed by atoms with Gasteiger partial charge >= 0.3 is 0 Å². The van der Waals surface area contributed by atoms with Crippen molar-refractivity contribution in [2.24, 2.45) is 0 Å². The Morgan fingerprint density at radius 2 is 1.78 bits per heavy atom. The van der Waals surface area contributed by atoms with E-state index in [4.69, 9.17) is 0 Å². The van der Waals surface area contributed by atoms with Crippen LogP contribution in [-0.2, 0) is 28.6 Å². The topological polar surface area (TPSA) is 72.2 Å². The summed E-state index contributed by atoms with van der Waals surface area (Å²) >= 11 is 0. The molecular weight excluding hydrogens is 360 g/mol. The van der Waals surface area contributed by atoms with E-state index in [0.717, 1.165) is 28.1 Å². The van der Waals surface area contributed by atoms with Crippen LogP contribution in [0.4, 0.5) is 0 Å². The second kappa shape index (κ2) is 8.06. The van der Waals surface area contributed by atoms with Crippen LogP contribution in [0, 0.1) is 0 Å². The Morgan fingerprint density at radius 3 is 2.44 bits per heavy atom. The number of hydrogen-bond donors (Lipinski definition) is 1. The van der Waals surface area contributed by atoms with Gasteiger partial charge in [-0.25, -0.2) is 13.4 Å². The first-order valence-corrected chi connectivity index (χ1v) is 10.9. The van der Waals surface area contributed by atoms with E-state index in [0.29, 0.717) is 13.0 Å². The van der Waals surface area contributed by atoms with Gasteiger partial charge in [0.25, 0.3) is 0 Å². The molecule has 1 aromatic heterocycles. The van der Waals surface area contributed by atoms with Gasteiger partial charge in [-0.3, -0.25) is 0 Å². The quantitative estimate of drug-likeness (QED) is 0.679. The van der Waals surface area contributed by atoms with E-state index in [1.165, 1.54) is 6.26 Å². The minimum Gasteiger partial charge on any atom is -0.393 e. The highest BCUT2D eigenvalue weighted by Crippen LogP contribution is 2.24. The number of rotatable bonds is 7. The van der Waals surface area contributed by atoms with Gasteiger partial charge in [0.1, 0.15) is 0 Å². The average molecular weight is 385 g/mol. The van der Waals surface area contributed by atoms with Gasteiger partial charge < -0.3 is 9.67 Å². The maximum Gasteiger partial charge on any atom is 0.151 e. The Bertz CT molecular complexity index is 1010. The molecule has 0 spiro atoms. The van der Waals surface area contributed by atoms with Gasteiger partial charge in [-0.15, -0.1) is 0 Å². The van der Waals surface area contributed by atoms with Gasteiger partial charge in [-0.05, 0) is 18.1 Å². The minimum atomic E-state index is -3.07. The minimum absolute atomic E-state index is 0.0283. The Balaban J connectivity index is 1.93. The first-order valence-electron chi connectivity index (χ1n) is 8.85. The zero-order valence-corrected chi connectivity index (χ0v) is 16.4. The van der Waals surface area contributed by atoms with Crippen LogP contribution in [0.3, 0.4) is 0 Å². The summed E-state index contributed by atoms with van der Waals surface area (Å²) < 4.78 is 25.1. The summed E-state index contributed by atoms with van der Waals surface area (Å²) in [5.41, 5.74) is 4.61. The van der Waals surface area contributed by atoms with E-state index >= 15 is 0 Å². The fourth-order valence-electron chi connectivity index (χ4n) is 3.19. The van der Waals surface area contributed by atoms with Gasteiger partial charge in [0.2, 0.25) is 0 Å². The second-order valence-corrected chi connectivity index (χ2v) is 9.12. The van der Waals surface area contributed by atoms with Crippen LogP contribution >= 0.6 is 0 Å². The van der Waals surface area contributed by atoms with E-state index in [2.05, 4.69) is 4.98 Å². The zero-order valence-electron chi connectivity index (χ0n) is 15.5. The lowest BCUT2D eigenvalue weighted by atomic mass is 10.1. The largest absolute Gasteiger partial charge is 0.393 e. The molecule has 1 N–H and O–H groups in total. The van der Waals surface area contributed by atoms with E-state index in [1.807, 2.05) is 59.2 Å². The van der Waals surface area contributed by atoms with Gasteiger partial charge in [0.15, 0.2) is 9.84 Å². The van der Waals surface area contributed by atoms with Gasteiger partial charge in [0.05, 0.1) is 23.9 Å². The summed E-state index contributed by atoms with van der Waals surface area (Å²) in [4.78, 5) is 4.57. The molecular formula is C21H24N2O3S. The Labute approximate surface area is 160 Å². The average Bonchev–Trinajstić information content (AvgIpc) is 2.96. The number of aliphatic hydroxyl groups is 1. The molecule has 0 radical (unpaired) electrons. The highest BCUT2D eigenvalue weighted by Gasteiger charge is 2.15. The molecule has 1 unspecified atom stereocenters. The molecule has 0 aliphatic carbocycles. The molecule has 0 amide bonds. The number of aromatic nitrogens is 2. The van der Waals surface area contributed by atoms with E-state index in [-0.39, 0.29) is 5.75 Å². The van der Waals surface area contributed by atoms with Gasteiger partial charge in [0, 0.05) is 30.5 Å². The van der Waals surface area contributed by atoms with Crippen LogP contribution in [0.5, 0.6) is 0 Å². The Morgan fingerprint density at radius 1 is 1.07 bits per heavy atom. The van der Waals surface area contributed by atoms with Crippen molar-refractivity contribution in [3.63, 3.8) is 0 Å². The first-order chi connectivity index (χ1) is 12.8. The molecule has 1 heterocycles. The van der Waals surface area contributed by atoms with Crippen molar-refractivity contribution >= 4 is 9.84 Å². The van der Waals surface area contributed by atoms with Crippen molar-refractivity contribution in [2.75, 3.05) is 6.26 Å². The fourth-order valence-corrected chi connectivity index (χ4v) is 3.98. The molecule has 1 atom stereocenters. The zero-order chi connectivity index (χ0) is 19.4. The molecule has 5 nitrogen and oxygen atoms in total. The number of nitrogens with zero attached hydrogens (tertiary/aromatic N) is 2. The van der Waals surface area contributed by atoms with Crippen molar-refractivity contribution in [3.05, 3.63) is 77.7 Å². The van der Waals surface area contributed by atoms with Crippen LogP contribution in [0.15, 0.2) is 60.9 Å². The first kappa shape index (κ1) is 19.3. The second-order valence-electron chi connectivity index (χ2n) is 6.98. The third-order valence-electron chi connectivity index (χ3n) is 4.26. The fraction of sp³-hybridized carbons (Fsp3) is 0.286. The van der Waals surface area contributed by atoms with Crippen molar-refractivity contribution in [1.29, 1.82) is 0 Å². The molecule has 0 aliphatic rings. The van der Waals surface area contributed by atoms with Crippen LogP contribution in [0.1, 0.15) is 23.7 Å². The molecule has 0 saturated carbocycles. The Kier molecular flexibility index (Phi) is 5.77. The number of sulfone groups is 1. The lowest BCUT2D eigenvalue weighted by Gasteiger charge is -2.13. The normalized spacial score (nSPS) is 12.9. The monoisotopic (exact) mass is 384 g/mol. The summed E-state index contributed by atoms with van der Waals surface area (Å²) in [7, 11) is -3.07. The lowest BCUT2D eigenvalue weighted by molar-refractivity contribution is 0.193. The Hall–Kier alpha value is -2.44. The highest BCUT2D eigenvalue weighted by atomic mass is 32.2. The number of benzene rings is 2. The molecule has 27 heavy (non-hydrogen) atoms. The summed E-state index contributed by atoms with van der Waals surface area (Å²) in [6, 6.07) is 17.5. The summed E-state index contributed by atoms with van der Waals surface area (Å²) in [6.45, 7) is 2.33. The van der Waals surface area contributed by atoms with Crippen LogP contribution in [0.25, 0.3) is 11.3 Å². The predicted octanol–water partition coefficient (Wildman–Crippen LogP) is 3.07. The maximum absolute atomic E-state index is 11.6. The van der Waals surface area contributed by atoms with Crippen molar-refractivity contribution in [3.8, 4) is 11.3 Å².